The first-order valence-electron chi connectivity index (χ1n) is 15.3. The molecule has 1 amide bonds. The van der Waals surface area contributed by atoms with Crippen molar-refractivity contribution in [3.8, 4) is 17.2 Å². The van der Waals surface area contributed by atoms with Crippen molar-refractivity contribution in [3.63, 3.8) is 0 Å². The number of aromatic nitrogens is 2. The van der Waals surface area contributed by atoms with E-state index in [1.807, 2.05) is 75.4 Å². The summed E-state index contributed by atoms with van der Waals surface area (Å²) in [5.74, 6) is 3.32. The average molecular weight is 584 g/mol. The van der Waals surface area contributed by atoms with Crippen LogP contribution >= 0.6 is 0 Å². The van der Waals surface area contributed by atoms with Crippen LogP contribution in [-0.4, -0.2) is 42.3 Å². The fourth-order valence-corrected chi connectivity index (χ4v) is 5.09. The number of nitrogens with zero attached hydrogens (tertiary/aromatic N) is 2. The molecular formula is C36H45N3O4. The number of aryl methyl sites for hydroxylation is 4. The molecule has 4 aromatic rings. The third-order valence-corrected chi connectivity index (χ3v) is 7.42. The zero-order valence-electron chi connectivity index (χ0n) is 26.0. The third kappa shape index (κ3) is 9.37. The number of carbonyl (C=O) groups is 1. The molecule has 1 aromatic heterocycles. The van der Waals surface area contributed by atoms with Gasteiger partial charge in [0.05, 0.1) is 24.8 Å². The minimum Gasteiger partial charge on any atom is -0.493 e. The van der Waals surface area contributed by atoms with Gasteiger partial charge in [-0.1, -0.05) is 48.9 Å². The minimum atomic E-state index is -0.0872. The van der Waals surface area contributed by atoms with Crippen molar-refractivity contribution >= 4 is 23.0 Å². The second-order valence-corrected chi connectivity index (χ2v) is 10.9. The summed E-state index contributed by atoms with van der Waals surface area (Å²) in [6.07, 6.45) is 9.84. The summed E-state index contributed by atoms with van der Waals surface area (Å²) >= 11 is 0. The van der Waals surface area contributed by atoms with Crippen LogP contribution in [0.2, 0.25) is 0 Å². The minimum absolute atomic E-state index is 0.0374. The van der Waals surface area contributed by atoms with Gasteiger partial charge in [-0.2, -0.15) is 0 Å². The summed E-state index contributed by atoms with van der Waals surface area (Å²) in [7, 11) is 1.67. The second kappa shape index (κ2) is 16.4. The van der Waals surface area contributed by atoms with E-state index >= 15 is 0 Å². The molecule has 0 aliphatic heterocycles. The van der Waals surface area contributed by atoms with Gasteiger partial charge in [0.1, 0.15) is 11.6 Å². The number of rotatable bonds is 17. The largest absolute Gasteiger partial charge is 0.493 e. The number of carbonyl (C=O) groups excluding carboxylic acids is 1. The third-order valence-electron chi connectivity index (χ3n) is 7.42. The van der Waals surface area contributed by atoms with Crippen molar-refractivity contribution in [1.29, 1.82) is 0 Å². The zero-order chi connectivity index (χ0) is 30.4. The van der Waals surface area contributed by atoms with Gasteiger partial charge in [0.2, 0.25) is 0 Å². The number of hydrogen-bond acceptors (Lipinski definition) is 5. The van der Waals surface area contributed by atoms with E-state index in [0.29, 0.717) is 13.2 Å². The summed E-state index contributed by atoms with van der Waals surface area (Å²) in [6, 6.07) is 20.4. The fourth-order valence-electron chi connectivity index (χ4n) is 5.09. The van der Waals surface area contributed by atoms with Gasteiger partial charge in [-0.05, 0) is 93.5 Å². The molecule has 0 aliphatic rings. The van der Waals surface area contributed by atoms with Crippen LogP contribution in [-0.2, 0) is 17.8 Å². The lowest BCUT2D eigenvalue weighted by Crippen LogP contribution is -2.29. The van der Waals surface area contributed by atoms with E-state index in [1.165, 1.54) is 5.52 Å². The summed E-state index contributed by atoms with van der Waals surface area (Å²) < 4.78 is 19.6. The Morgan fingerprint density at radius 2 is 1.77 bits per heavy atom. The van der Waals surface area contributed by atoms with Crippen LogP contribution in [0.25, 0.3) is 17.1 Å². The van der Waals surface area contributed by atoms with E-state index in [-0.39, 0.29) is 12.5 Å². The van der Waals surface area contributed by atoms with E-state index in [4.69, 9.17) is 19.2 Å². The van der Waals surface area contributed by atoms with E-state index in [9.17, 15) is 4.79 Å². The molecule has 0 saturated carbocycles. The second-order valence-electron chi connectivity index (χ2n) is 10.9. The van der Waals surface area contributed by atoms with Crippen LogP contribution < -0.4 is 19.5 Å². The zero-order valence-corrected chi connectivity index (χ0v) is 26.0. The highest BCUT2D eigenvalue weighted by Crippen LogP contribution is 2.29. The molecule has 1 heterocycles. The summed E-state index contributed by atoms with van der Waals surface area (Å²) in [5.41, 5.74) is 5.46. The molecule has 7 heteroatoms. The number of imidazole rings is 1. The Bertz CT molecular complexity index is 1510. The number of methoxy groups -OCH3 is 1. The van der Waals surface area contributed by atoms with Crippen molar-refractivity contribution in [1.82, 2.24) is 14.9 Å². The van der Waals surface area contributed by atoms with Gasteiger partial charge in [0, 0.05) is 19.5 Å². The number of allylic oxidation sites excluding steroid dienone is 1. The first-order chi connectivity index (χ1) is 21.0. The summed E-state index contributed by atoms with van der Waals surface area (Å²) in [4.78, 5) is 17.2. The van der Waals surface area contributed by atoms with E-state index in [2.05, 4.69) is 28.1 Å². The monoisotopic (exact) mass is 583 g/mol. The number of amides is 1. The Labute approximate surface area is 255 Å². The molecule has 7 nitrogen and oxygen atoms in total. The van der Waals surface area contributed by atoms with Gasteiger partial charge < -0.3 is 24.1 Å². The number of para-hydroxylation sites is 2. The predicted molar refractivity (Wildman–Crippen MR) is 174 cm³/mol. The average Bonchev–Trinajstić information content (AvgIpc) is 3.36. The highest BCUT2D eigenvalue weighted by Gasteiger charge is 2.11. The molecule has 0 aliphatic carbocycles. The van der Waals surface area contributed by atoms with Crippen LogP contribution in [0.15, 0.2) is 66.7 Å². The number of unbranched alkanes of at least 4 members (excludes halogenated alkanes) is 3. The predicted octanol–water partition coefficient (Wildman–Crippen LogP) is 7.46. The van der Waals surface area contributed by atoms with Crippen molar-refractivity contribution in [3.05, 3.63) is 89.3 Å². The molecular weight excluding hydrogens is 538 g/mol. The lowest BCUT2D eigenvalue weighted by atomic mass is 10.1. The standard InChI is InChI=1S/C36H45N3O4/c1-5-13-29-19-20-32(34(25-29)41-4)42-23-12-11-22-39-31-15-9-8-14-30(31)38-35(39)16-7-6-10-21-37-36(40)26-43-33-24-27(2)17-18-28(33)3/h5,8-9,13-15,17-20,24-25H,6-7,10-12,16,21-23,26H2,1-4H3,(H,37,40)/b13-5+. The van der Waals surface area contributed by atoms with Gasteiger partial charge in [-0.15, -0.1) is 0 Å². The van der Waals surface area contributed by atoms with Crippen molar-refractivity contribution < 1.29 is 19.0 Å². The molecule has 0 unspecified atom stereocenters. The molecule has 1 N–H and O–H groups in total. The normalized spacial score (nSPS) is 11.3. The highest BCUT2D eigenvalue weighted by molar-refractivity contribution is 5.77. The molecule has 3 aromatic carbocycles. The van der Waals surface area contributed by atoms with Crippen molar-refractivity contribution in [2.24, 2.45) is 0 Å². The number of benzene rings is 3. The Balaban J connectivity index is 1.19. The summed E-state index contributed by atoms with van der Waals surface area (Å²) in [5, 5.41) is 2.98. The van der Waals surface area contributed by atoms with Crippen molar-refractivity contribution in [2.45, 2.75) is 65.8 Å². The van der Waals surface area contributed by atoms with Crippen LogP contribution in [0.3, 0.4) is 0 Å². The molecule has 0 saturated heterocycles. The van der Waals surface area contributed by atoms with E-state index < -0.39 is 0 Å². The Morgan fingerprint density at radius 3 is 2.60 bits per heavy atom. The molecule has 43 heavy (non-hydrogen) atoms. The smallest absolute Gasteiger partial charge is 0.257 e. The molecule has 0 atom stereocenters. The summed E-state index contributed by atoms with van der Waals surface area (Å²) in [6.45, 7) is 8.21. The molecule has 0 radical (unpaired) electrons. The van der Waals surface area contributed by atoms with Crippen molar-refractivity contribution in [2.75, 3.05) is 26.9 Å². The maximum absolute atomic E-state index is 12.2. The maximum atomic E-state index is 12.2. The number of fused-ring (bicyclic) bond motifs is 1. The van der Waals surface area contributed by atoms with E-state index in [1.54, 1.807) is 7.11 Å². The Morgan fingerprint density at radius 1 is 0.907 bits per heavy atom. The number of ether oxygens (including phenoxy) is 3. The van der Waals surface area contributed by atoms with Crippen LogP contribution in [0, 0.1) is 13.8 Å². The quantitative estimate of drug-likeness (QED) is 0.131. The number of hydrogen-bond donors (Lipinski definition) is 1. The topological polar surface area (TPSA) is 74.6 Å². The van der Waals surface area contributed by atoms with Crippen LogP contribution in [0.1, 0.15) is 61.5 Å². The first-order valence-corrected chi connectivity index (χ1v) is 15.3. The highest BCUT2D eigenvalue weighted by atomic mass is 16.5. The number of nitrogens with one attached hydrogen (secondary N) is 1. The van der Waals surface area contributed by atoms with Gasteiger partial charge in [-0.25, -0.2) is 4.98 Å². The SMILES string of the molecule is C/C=C/c1ccc(OCCCCn2c(CCCCCNC(=O)COc3cc(C)ccc3C)nc3ccccc32)c(OC)c1. The Kier molecular flexibility index (Phi) is 12.1. The molecule has 0 bridgehead atoms. The molecule has 0 spiro atoms. The molecule has 228 valence electrons. The van der Waals surface area contributed by atoms with Gasteiger partial charge in [0.25, 0.3) is 5.91 Å². The molecule has 4 rings (SSSR count). The van der Waals surface area contributed by atoms with Gasteiger partial charge in [0.15, 0.2) is 18.1 Å². The van der Waals surface area contributed by atoms with Gasteiger partial charge >= 0.3 is 0 Å². The van der Waals surface area contributed by atoms with E-state index in [0.717, 1.165) is 90.3 Å². The lowest BCUT2D eigenvalue weighted by molar-refractivity contribution is -0.123. The lowest BCUT2D eigenvalue weighted by Gasteiger charge is -2.12. The first kappa shape index (κ1) is 31.7. The Hall–Kier alpha value is -4.26. The van der Waals surface area contributed by atoms with Crippen LogP contribution in [0.5, 0.6) is 17.2 Å². The molecule has 0 fully saturated rings. The fraction of sp³-hybridized carbons (Fsp3) is 0.389. The van der Waals surface area contributed by atoms with Crippen LogP contribution in [0.4, 0.5) is 0 Å². The van der Waals surface area contributed by atoms with Gasteiger partial charge in [-0.3, -0.25) is 4.79 Å². The maximum Gasteiger partial charge on any atom is 0.257 e.